The van der Waals surface area contributed by atoms with Gasteiger partial charge in [-0.1, -0.05) is 91.0 Å². The molecule has 1 N–H and O–H groups in total. The Kier molecular flexibility index (Phi) is 7.51. The molecule has 34 heavy (non-hydrogen) atoms. The summed E-state index contributed by atoms with van der Waals surface area (Å²) in [5, 5.41) is 9.14. The lowest BCUT2D eigenvalue weighted by Crippen LogP contribution is -2.30. The molecule has 4 rings (SSSR count). The number of amides is 1. The van der Waals surface area contributed by atoms with Crippen molar-refractivity contribution in [3.8, 4) is 11.1 Å². The first-order valence-electron chi connectivity index (χ1n) is 11.4. The number of carboxylic acids is 1. The molecule has 0 saturated carbocycles. The number of carbonyl (C=O) groups is 2. The molecule has 0 atom stereocenters. The minimum absolute atomic E-state index is 0.115. The second-order valence-electron chi connectivity index (χ2n) is 8.30. The van der Waals surface area contributed by atoms with Gasteiger partial charge in [0.25, 0.3) is 0 Å². The van der Waals surface area contributed by atoms with Crippen LogP contribution < -0.4 is 0 Å². The van der Waals surface area contributed by atoms with Gasteiger partial charge in [-0.05, 0) is 52.4 Å². The van der Waals surface area contributed by atoms with Crippen molar-refractivity contribution in [3.63, 3.8) is 0 Å². The maximum Gasteiger partial charge on any atom is 0.335 e. The zero-order valence-corrected chi connectivity index (χ0v) is 18.9. The summed E-state index contributed by atoms with van der Waals surface area (Å²) in [5.41, 5.74) is 5.47. The fourth-order valence-corrected chi connectivity index (χ4v) is 3.97. The van der Waals surface area contributed by atoms with Gasteiger partial charge in [0.05, 0.1) is 5.56 Å². The van der Waals surface area contributed by atoms with E-state index in [2.05, 4.69) is 6.07 Å². The summed E-state index contributed by atoms with van der Waals surface area (Å²) < 4.78 is 0. The first-order chi connectivity index (χ1) is 16.6. The van der Waals surface area contributed by atoms with Gasteiger partial charge in [-0.25, -0.2) is 4.79 Å². The van der Waals surface area contributed by atoms with Crippen molar-refractivity contribution in [1.82, 2.24) is 4.90 Å². The third kappa shape index (κ3) is 6.20. The van der Waals surface area contributed by atoms with Crippen LogP contribution in [0, 0.1) is 0 Å². The molecule has 0 aliphatic heterocycles. The lowest BCUT2D eigenvalue weighted by atomic mass is 10.0. The molecule has 0 aliphatic carbocycles. The van der Waals surface area contributed by atoms with Gasteiger partial charge in [-0.15, -0.1) is 0 Å². The molecule has 4 aromatic carbocycles. The number of aromatic carboxylic acids is 1. The van der Waals surface area contributed by atoms with Crippen molar-refractivity contribution in [2.45, 2.75) is 25.9 Å². The van der Waals surface area contributed by atoms with Crippen molar-refractivity contribution in [2.75, 3.05) is 0 Å². The van der Waals surface area contributed by atoms with E-state index in [1.807, 2.05) is 95.9 Å². The quantitative estimate of drug-likeness (QED) is 0.330. The number of aryl methyl sites for hydroxylation is 1. The maximum absolute atomic E-state index is 13.3. The molecule has 0 bridgehead atoms. The summed E-state index contributed by atoms with van der Waals surface area (Å²) in [6.45, 7) is 1.05. The van der Waals surface area contributed by atoms with Crippen LogP contribution in [0.1, 0.15) is 33.5 Å². The number of rotatable bonds is 9. The Morgan fingerprint density at radius 2 is 1.21 bits per heavy atom. The standard InChI is InChI=1S/C30H27NO3/c32-29(19-14-23-8-3-1-4-9-23)31(21-24-10-5-2-6-11-24)22-25-12-7-13-28(20-25)26-15-17-27(18-16-26)30(33)34/h1-13,15-18,20H,14,19,21-22H2,(H,33,34). The summed E-state index contributed by atoms with van der Waals surface area (Å²) in [4.78, 5) is 26.3. The minimum Gasteiger partial charge on any atom is -0.478 e. The van der Waals surface area contributed by atoms with Crippen LogP contribution in [0.5, 0.6) is 0 Å². The number of benzene rings is 4. The Labute approximate surface area is 200 Å². The van der Waals surface area contributed by atoms with Gasteiger partial charge in [-0.2, -0.15) is 0 Å². The van der Waals surface area contributed by atoms with E-state index in [0.29, 0.717) is 25.9 Å². The predicted octanol–water partition coefficient (Wildman–Crippen LogP) is 6.21. The summed E-state index contributed by atoms with van der Waals surface area (Å²) in [6.07, 6.45) is 1.16. The average Bonchev–Trinajstić information content (AvgIpc) is 2.88. The van der Waals surface area contributed by atoms with E-state index >= 15 is 0 Å². The van der Waals surface area contributed by atoms with Gasteiger partial charge in [0.1, 0.15) is 0 Å². The second kappa shape index (κ2) is 11.1. The van der Waals surface area contributed by atoms with Gasteiger partial charge in [0.2, 0.25) is 5.91 Å². The van der Waals surface area contributed by atoms with Crippen LogP contribution >= 0.6 is 0 Å². The zero-order valence-electron chi connectivity index (χ0n) is 18.9. The van der Waals surface area contributed by atoms with Crippen LogP contribution in [0.15, 0.2) is 109 Å². The van der Waals surface area contributed by atoms with Crippen molar-refractivity contribution in [2.24, 2.45) is 0 Å². The highest BCUT2D eigenvalue weighted by Gasteiger charge is 2.15. The number of nitrogens with zero attached hydrogens (tertiary/aromatic N) is 1. The minimum atomic E-state index is -0.939. The molecule has 4 nitrogen and oxygen atoms in total. The van der Waals surface area contributed by atoms with Crippen molar-refractivity contribution >= 4 is 11.9 Å². The zero-order chi connectivity index (χ0) is 23.8. The molecule has 0 aliphatic rings. The Morgan fingerprint density at radius 3 is 1.85 bits per heavy atom. The van der Waals surface area contributed by atoms with Crippen LogP contribution in [0.2, 0.25) is 0 Å². The molecule has 0 fully saturated rings. The van der Waals surface area contributed by atoms with Crippen LogP contribution in [-0.2, 0) is 24.3 Å². The van der Waals surface area contributed by atoms with E-state index in [9.17, 15) is 9.59 Å². The van der Waals surface area contributed by atoms with E-state index in [-0.39, 0.29) is 11.5 Å². The third-order valence-electron chi connectivity index (χ3n) is 5.80. The molecule has 0 radical (unpaired) electrons. The van der Waals surface area contributed by atoms with E-state index < -0.39 is 5.97 Å². The van der Waals surface area contributed by atoms with Crippen LogP contribution in [-0.4, -0.2) is 21.9 Å². The number of hydrogen-bond acceptors (Lipinski definition) is 2. The van der Waals surface area contributed by atoms with Gasteiger partial charge >= 0.3 is 5.97 Å². The Morgan fingerprint density at radius 1 is 0.618 bits per heavy atom. The third-order valence-corrected chi connectivity index (χ3v) is 5.80. The van der Waals surface area contributed by atoms with Crippen LogP contribution in [0.4, 0.5) is 0 Å². The maximum atomic E-state index is 13.3. The van der Waals surface area contributed by atoms with E-state index in [4.69, 9.17) is 5.11 Å². The van der Waals surface area contributed by atoms with E-state index in [1.54, 1.807) is 12.1 Å². The second-order valence-corrected chi connectivity index (χ2v) is 8.30. The van der Waals surface area contributed by atoms with Crippen LogP contribution in [0.25, 0.3) is 11.1 Å². The van der Waals surface area contributed by atoms with E-state index in [1.165, 1.54) is 0 Å². The molecule has 0 aromatic heterocycles. The molecule has 0 unspecified atom stereocenters. The van der Waals surface area contributed by atoms with Crippen LogP contribution in [0.3, 0.4) is 0 Å². The monoisotopic (exact) mass is 449 g/mol. The number of carboxylic acid groups (broad SMARTS) is 1. The first kappa shape index (κ1) is 23.0. The van der Waals surface area contributed by atoms with Gasteiger partial charge < -0.3 is 10.0 Å². The summed E-state index contributed by atoms with van der Waals surface area (Å²) in [5.74, 6) is -0.824. The molecule has 0 spiro atoms. The van der Waals surface area contributed by atoms with Gasteiger partial charge in [0, 0.05) is 19.5 Å². The normalized spacial score (nSPS) is 10.6. The predicted molar refractivity (Wildman–Crippen MR) is 134 cm³/mol. The lowest BCUT2D eigenvalue weighted by molar-refractivity contribution is -0.132. The lowest BCUT2D eigenvalue weighted by Gasteiger charge is -2.23. The Hall–Kier alpha value is -4.18. The molecule has 1 amide bonds. The van der Waals surface area contributed by atoms with Gasteiger partial charge in [0.15, 0.2) is 0 Å². The Bertz CT molecular complexity index is 1240. The SMILES string of the molecule is O=C(O)c1ccc(-c2cccc(CN(Cc3ccccc3)C(=O)CCc3ccccc3)c2)cc1. The molecule has 170 valence electrons. The molecule has 4 aromatic rings. The molecule has 0 saturated heterocycles. The van der Waals surface area contributed by atoms with Gasteiger partial charge in [-0.3, -0.25) is 4.79 Å². The topological polar surface area (TPSA) is 57.6 Å². The summed E-state index contributed by atoms with van der Waals surface area (Å²) in [6, 6.07) is 35.0. The number of carbonyl (C=O) groups excluding carboxylic acids is 1. The molecular formula is C30H27NO3. The van der Waals surface area contributed by atoms with Crippen molar-refractivity contribution in [1.29, 1.82) is 0 Å². The fourth-order valence-electron chi connectivity index (χ4n) is 3.97. The highest BCUT2D eigenvalue weighted by atomic mass is 16.4. The highest BCUT2D eigenvalue weighted by molar-refractivity contribution is 5.88. The Balaban J connectivity index is 1.52. The van der Waals surface area contributed by atoms with Crippen molar-refractivity contribution in [3.05, 3.63) is 131 Å². The molecule has 0 heterocycles. The summed E-state index contributed by atoms with van der Waals surface area (Å²) >= 11 is 0. The highest BCUT2D eigenvalue weighted by Crippen LogP contribution is 2.23. The largest absolute Gasteiger partial charge is 0.478 e. The first-order valence-corrected chi connectivity index (χ1v) is 11.4. The van der Waals surface area contributed by atoms with Crippen molar-refractivity contribution < 1.29 is 14.7 Å². The molecular weight excluding hydrogens is 422 g/mol. The average molecular weight is 450 g/mol. The number of hydrogen-bond donors (Lipinski definition) is 1. The molecule has 4 heteroatoms. The van der Waals surface area contributed by atoms with E-state index in [0.717, 1.165) is 27.8 Å². The smallest absolute Gasteiger partial charge is 0.335 e. The summed E-state index contributed by atoms with van der Waals surface area (Å²) in [7, 11) is 0. The fraction of sp³-hybridized carbons (Fsp3) is 0.133.